The molecule has 0 radical (unpaired) electrons. The van der Waals surface area contributed by atoms with Gasteiger partial charge in [0.25, 0.3) is 0 Å². The van der Waals surface area contributed by atoms with Crippen molar-refractivity contribution in [3.63, 3.8) is 0 Å². The quantitative estimate of drug-likeness (QED) is 0.631. The Labute approximate surface area is 142 Å². The zero-order valence-electron chi connectivity index (χ0n) is 14.5. The normalized spacial score (nSPS) is 12.6. The molecule has 138 valence electrons. The van der Waals surface area contributed by atoms with Gasteiger partial charge in [0.05, 0.1) is 0 Å². The third kappa shape index (κ3) is 5.19. The molecule has 0 saturated carbocycles. The van der Waals surface area contributed by atoms with Gasteiger partial charge in [0.1, 0.15) is 10.7 Å². The number of benzene rings is 1. The Balaban J connectivity index is 3.17. The van der Waals surface area contributed by atoms with E-state index in [0.29, 0.717) is 12.6 Å². The Morgan fingerprint density at radius 2 is 1.50 bits per heavy atom. The zero-order chi connectivity index (χ0) is 18.5. The second-order valence-corrected chi connectivity index (χ2v) is 7.89. The molecule has 0 aliphatic rings. The number of likely N-dealkylation sites (N-methyl/N-ethyl adjacent to an activating group) is 1. The van der Waals surface area contributed by atoms with Gasteiger partial charge >= 0.3 is 0 Å². The van der Waals surface area contributed by atoms with Gasteiger partial charge in [-0.25, -0.2) is 21.6 Å². The van der Waals surface area contributed by atoms with Crippen LogP contribution in [-0.4, -0.2) is 50.3 Å². The van der Waals surface area contributed by atoms with Crippen LogP contribution in [-0.2, 0) is 10.0 Å². The lowest BCUT2D eigenvalue weighted by Crippen LogP contribution is -2.40. The summed E-state index contributed by atoms with van der Waals surface area (Å²) in [6.45, 7) is 9.90. The lowest BCUT2D eigenvalue weighted by Gasteiger charge is -2.27. The number of halogens is 3. The van der Waals surface area contributed by atoms with E-state index in [-0.39, 0.29) is 25.1 Å². The second-order valence-electron chi connectivity index (χ2n) is 5.98. The standard InChI is InChI=1S/C16H25F3N2O2S/c1-5-20(6-2)7-8-21(11-12(3)4)24(22,23)16-10-14(18)13(17)9-15(16)19/h9-10,12H,5-8,11H2,1-4H3. The van der Waals surface area contributed by atoms with Crippen LogP contribution in [0.2, 0.25) is 0 Å². The van der Waals surface area contributed by atoms with Crippen molar-refractivity contribution in [1.29, 1.82) is 0 Å². The van der Waals surface area contributed by atoms with Crippen molar-refractivity contribution in [2.24, 2.45) is 5.92 Å². The third-order valence-corrected chi connectivity index (χ3v) is 5.60. The fraction of sp³-hybridized carbons (Fsp3) is 0.625. The van der Waals surface area contributed by atoms with Gasteiger partial charge in [-0.3, -0.25) is 0 Å². The molecule has 1 aromatic rings. The summed E-state index contributed by atoms with van der Waals surface area (Å²) in [5.41, 5.74) is 0. The van der Waals surface area contributed by atoms with Crippen molar-refractivity contribution < 1.29 is 21.6 Å². The Hall–Kier alpha value is -1.12. The van der Waals surface area contributed by atoms with Crippen molar-refractivity contribution in [3.8, 4) is 0 Å². The molecule has 0 spiro atoms. The first kappa shape index (κ1) is 20.9. The molecule has 0 aromatic heterocycles. The van der Waals surface area contributed by atoms with Crippen molar-refractivity contribution >= 4 is 10.0 Å². The molecule has 0 atom stereocenters. The van der Waals surface area contributed by atoms with Crippen LogP contribution >= 0.6 is 0 Å². The molecule has 1 aromatic carbocycles. The lowest BCUT2D eigenvalue weighted by atomic mass is 10.2. The van der Waals surface area contributed by atoms with E-state index in [1.54, 1.807) is 0 Å². The highest BCUT2D eigenvalue weighted by molar-refractivity contribution is 7.89. The predicted octanol–water partition coefficient (Wildman–Crippen LogP) is 3.09. The van der Waals surface area contributed by atoms with Gasteiger partial charge in [-0.1, -0.05) is 27.7 Å². The summed E-state index contributed by atoms with van der Waals surface area (Å²) in [7, 11) is -4.25. The molecule has 0 N–H and O–H groups in total. The maximum Gasteiger partial charge on any atom is 0.246 e. The molecule has 24 heavy (non-hydrogen) atoms. The second kappa shape index (κ2) is 8.82. The Morgan fingerprint density at radius 1 is 0.958 bits per heavy atom. The molecule has 0 bridgehead atoms. The van der Waals surface area contributed by atoms with E-state index in [9.17, 15) is 21.6 Å². The summed E-state index contributed by atoms with van der Waals surface area (Å²) in [5, 5.41) is 0. The number of hydrogen-bond acceptors (Lipinski definition) is 3. The first-order chi connectivity index (χ1) is 11.1. The van der Waals surface area contributed by atoms with Gasteiger partial charge in [0, 0.05) is 25.7 Å². The van der Waals surface area contributed by atoms with Gasteiger partial charge in [0.2, 0.25) is 10.0 Å². The first-order valence-electron chi connectivity index (χ1n) is 8.00. The largest absolute Gasteiger partial charge is 0.303 e. The van der Waals surface area contributed by atoms with Crippen LogP contribution in [0.1, 0.15) is 27.7 Å². The Bertz CT molecular complexity index is 647. The van der Waals surface area contributed by atoms with E-state index in [1.807, 2.05) is 32.6 Å². The van der Waals surface area contributed by atoms with Crippen molar-refractivity contribution in [2.45, 2.75) is 32.6 Å². The molecule has 4 nitrogen and oxygen atoms in total. The van der Waals surface area contributed by atoms with E-state index in [4.69, 9.17) is 0 Å². The summed E-state index contributed by atoms with van der Waals surface area (Å²) in [6, 6.07) is 0.672. The van der Waals surface area contributed by atoms with Gasteiger partial charge < -0.3 is 4.90 Å². The topological polar surface area (TPSA) is 40.6 Å². The minimum absolute atomic E-state index is 0.00448. The van der Waals surface area contributed by atoms with E-state index in [0.717, 1.165) is 17.4 Å². The molecule has 0 fully saturated rings. The average molecular weight is 366 g/mol. The summed E-state index contributed by atoms with van der Waals surface area (Å²) in [4.78, 5) is 1.20. The summed E-state index contributed by atoms with van der Waals surface area (Å²) >= 11 is 0. The van der Waals surface area contributed by atoms with E-state index >= 15 is 0 Å². The van der Waals surface area contributed by atoms with Crippen LogP contribution < -0.4 is 0 Å². The maximum absolute atomic E-state index is 13.9. The molecule has 0 aliphatic carbocycles. The minimum atomic E-state index is -4.25. The number of sulfonamides is 1. The van der Waals surface area contributed by atoms with Crippen LogP contribution in [0.15, 0.2) is 17.0 Å². The lowest BCUT2D eigenvalue weighted by molar-refractivity contribution is 0.261. The molecule has 0 saturated heterocycles. The molecule has 0 heterocycles. The zero-order valence-corrected chi connectivity index (χ0v) is 15.3. The van der Waals surface area contributed by atoms with Gasteiger partial charge in [-0.15, -0.1) is 0 Å². The Kier molecular flexibility index (Phi) is 7.69. The molecule has 1 rings (SSSR count). The summed E-state index contributed by atoms with van der Waals surface area (Å²) in [5.74, 6) is -4.08. The van der Waals surface area contributed by atoms with Gasteiger partial charge in [-0.2, -0.15) is 4.31 Å². The predicted molar refractivity (Wildman–Crippen MR) is 87.7 cm³/mol. The van der Waals surface area contributed by atoms with Crippen LogP contribution in [0, 0.1) is 23.4 Å². The third-order valence-electron chi connectivity index (χ3n) is 3.72. The van der Waals surface area contributed by atoms with Crippen molar-refractivity contribution in [2.75, 3.05) is 32.7 Å². The number of rotatable bonds is 9. The maximum atomic E-state index is 13.9. The van der Waals surface area contributed by atoms with Crippen molar-refractivity contribution in [3.05, 3.63) is 29.6 Å². The fourth-order valence-corrected chi connectivity index (χ4v) is 4.00. The molecular weight excluding hydrogens is 341 g/mol. The molecule has 0 unspecified atom stereocenters. The molecular formula is C16H25F3N2O2S. The monoisotopic (exact) mass is 366 g/mol. The van der Waals surface area contributed by atoms with E-state index in [2.05, 4.69) is 0 Å². The molecule has 0 aliphatic heterocycles. The van der Waals surface area contributed by atoms with E-state index < -0.39 is 32.4 Å². The number of nitrogens with zero attached hydrogens (tertiary/aromatic N) is 2. The molecule has 8 heteroatoms. The van der Waals surface area contributed by atoms with Gasteiger partial charge in [-0.05, 0) is 25.1 Å². The van der Waals surface area contributed by atoms with Crippen molar-refractivity contribution in [1.82, 2.24) is 9.21 Å². The van der Waals surface area contributed by atoms with Crippen LogP contribution in [0.25, 0.3) is 0 Å². The Morgan fingerprint density at radius 3 is 2.00 bits per heavy atom. The van der Waals surface area contributed by atoms with Crippen LogP contribution in [0.4, 0.5) is 13.2 Å². The summed E-state index contributed by atoms with van der Waals surface area (Å²) in [6.07, 6.45) is 0. The van der Waals surface area contributed by atoms with Gasteiger partial charge in [0.15, 0.2) is 11.6 Å². The van der Waals surface area contributed by atoms with Crippen LogP contribution in [0.5, 0.6) is 0 Å². The van der Waals surface area contributed by atoms with Crippen LogP contribution in [0.3, 0.4) is 0 Å². The first-order valence-corrected chi connectivity index (χ1v) is 9.44. The fourth-order valence-electron chi connectivity index (χ4n) is 2.35. The minimum Gasteiger partial charge on any atom is -0.303 e. The number of hydrogen-bond donors (Lipinski definition) is 0. The highest BCUT2D eigenvalue weighted by Crippen LogP contribution is 2.23. The van der Waals surface area contributed by atoms with E-state index in [1.165, 1.54) is 0 Å². The average Bonchev–Trinajstić information content (AvgIpc) is 2.50. The molecule has 0 amide bonds. The SMILES string of the molecule is CCN(CC)CCN(CC(C)C)S(=O)(=O)c1cc(F)c(F)cc1F. The smallest absolute Gasteiger partial charge is 0.246 e. The highest BCUT2D eigenvalue weighted by Gasteiger charge is 2.29. The highest BCUT2D eigenvalue weighted by atomic mass is 32.2. The summed E-state index contributed by atoms with van der Waals surface area (Å²) < 4.78 is 67.0.